The van der Waals surface area contributed by atoms with Crippen molar-refractivity contribution in [2.75, 3.05) is 47.0 Å². The van der Waals surface area contributed by atoms with Gasteiger partial charge in [-0.1, -0.05) is 12.1 Å². The van der Waals surface area contributed by atoms with Crippen molar-refractivity contribution in [3.05, 3.63) is 35.7 Å². The molecule has 0 amide bonds. The summed E-state index contributed by atoms with van der Waals surface area (Å²) in [6, 6.07) is 6.59. The molecule has 0 spiro atoms. The normalized spacial score (nSPS) is 31.2. The summed E-state index contributed by atoms with van der Waals surface area (Å²) in [5.74, 6) is 4.44. The van der Waals surface area contributed by atoms with Gasteiger partial charge >= 0.3 is 0 Å². The average Bonchev–Trinajstić information content (AvgIpc) is 2.76. The molecule has 0 atom stereocenters. The van der Waals surface area contributed by atoms with Gasteiger partial charge in [0.15, 0.2) is 11.6 Å². The second-order valence-electron chi connectivity index (χ2n) is 11.0. The van der Waals surface area contributed by atoms with Gasteiger partial charge in [-0.3, -0.25) is 0 Å². The van der Waals surface area contributed by atoms with E-state index in [0.717, 1.165) is 61.3 Å². The molecule has 4 saturated carbocycles. The van der Waals surface area contributed by atoms with Crippen LogP contribution in [0.25, 0.3) is 0 Å². The summed E-state index contributed by atoms with van der Waals surface area (Å²) in [4.78, 5) is 14.1. The molecule has 1 saturated heterocycles. The molecular formula is C26H36N6. The van der Waals surface area contributed by atoms with E-state index in [-0.39, 0.29) is 5.54 Å². The van der Waals surface area contributed by atoms with Crippen LogP contribution in [0.4, 0.5) is 23.0 Å². The summed E-state index contributed by atoms with van der Waals surface area (Å²) in [6.45, 7) is 8.21. The number of anilines is 4. The van der Waals surface area contributed by atoms with Crippen LogP contribution in [-0.4, -0.2) is 41.7 Å². The third-order valence-corrected chi connectivity index (χ3v) is 8.78. The molecule has 2 heterocycles. The molecule has 6 nitrogen and oxygen atoms in total. The number of aromatic nitrogens is 2. The van der Waals surface area contributed by atoms with Gasteiger partial charge in [-0.2, -0.15) is 0 Å². The van der Waals surface area contributed by atoms with Crippen LogP contribution < -0.4 is 20.9 Å². The van der Waals surface area contributed by atoms with Gasteiger partial charge in [-0.05, 0) is 87.3 Å². The molecule has 1 aromatic heterocycles. The first-order chi connectivity index (χ1) is 15.5. The largest absolute Gasteiger partial charge is 0.393 e. The summed E-state index contributed by atoms with van der Waals surface area (Å²) in [7, 11) is 0. The lowest BCUT2D eigenvalue weighted by atomic mass is 9.53. The summed E-state index contributed by atoms with van der Waals surface area (Å²) >= 11 is 0. The maximum absolute atomic E-state index is 6.69. The molecule has 5 fully saturated rings. The molecule has 2 aromatic rings. The number of rotatable bonds is 4. The Morgan fingerprint density at radius 1 is 0.906 bits per heavy atom. The van der Waals surface area contributed by atoms with Crippen molar-refractivity contribution in [1.82, 2.24) is 9.97 Å². The molecule has 5 aliphatic rings. The maximum Gasteiger partial charge on any atom is 0.157 e. The maximum atomic E-state index is 6.69. The van der Waals surface area contributed by atoms with Crippen LogP contribution in [0, 0.1) is 31.6 Å². The third kappa shape index (κ3) is 3.39. The molecule has 3 N–H and O–H groups in total. The zero-order valence-electron chi connectivity index (χ0n) is 19.5. The number of nitrogens with zero attached hydrogens (tertiary/aromatic N) is 4. The molecule has 1 aliphatic heterocycles. The van der Waals surface area contributed by atoms with Crippen LogP contribution in [0.15, 0.2) is 24.5 Å². The van der Waals surface area contributed by atoms with Crippen molar-refractivity contribution in [2.45, 2.75) is 57.9 Å². The Balaban J connectivity index is 1.18. The zero-order chi connectivity index (χ0) is 21.9. The zero-order valence-corrected chi connectivity index (χ0v) is 19.5. The molecule has 1 aromatic carbocycles. The SMILES string of the molecule is Cc1cccc(N2CCN(c3ncnc(NC45CC6CC(CC(C6)C4)C5)c3N)CC2)c1C. The quantitative estimate of drug-likeness (QED) is 0.747. The summed E-state index contributed by atoms with van der Waals surface area (Å²) in [5.41, 5.74) is 11.7. The van der Waals surface area contributed by atoms with Crippen molar-refractivity contribution < 1.29 is 0 Å². The fourth-order valence-corrected chi connectivity index (χ4v) is 7.49. The van der Waals surface area contributed by atoms with Gasteiger partial charge in [0, 0.05) is 37.4 Å². The highest BCUT2D eigenvalue weighted by atomic mass is 15.3. The van der Waals surface area contributed by atoms with Gasteiger partial charge in [0.05, 0.1) is 0 Å². The van der Waals surface area contributed by atoms with Gasteiger partial charge in [-0.15, -0.1) is 0 Å². The van der Waals surface area contributed by atoms with Crippen LogP contribution in [0.3, 0.4) is 0 Å². The van der Waals surface area contributed by atoms with Gasteiger partial charge < -0.3 is 20.9 Å². The third-order valence-electron chi connectivity index (χ3n) is 8.78. The molecule has 0 unspecified atom stereocenters. The van der Waals surface area contributed by atoms with Gasteiger partial charge in [-0.25, -0.2) is 9.97 Å². The Morgan fingerprint density at radius 3 is 2.19 bits per heavy atom. The first-order valence-corrected chi connectivity index (χ1v) is 12.4. The lowest BCUT2D eigenvalue weighted by molar-refractivity contribution is 0.0106. The predicted molar refractivity (Wildman–Crippen MR) is 131 cm³/mol. The highest BCUT2D eigenvalue weighted by Crippen LogP contribution is 2.56. The average molecular weight is 433 g/mol. The van der Waals surface area contributed by atoms with E-state index >= 15 is 0 Å². The fourth-order valence-electron chi connectivity index (χ4n) is 7.49. The summed E-state index contributed by atoms with van der Waals surface area (Å²) in [6.07, 6.45) is 9.87. The van der Waals surface area contributed by atoms with Crippen LogP contribution in [0.5, 0.6) is 0 Å². The lowest BCUT2D eigenvalue weighted by Crippen LogP contribution is -2.55. The van der Waals surface area contributed by atoms with E-state index in [4.69, 9.17) is 5.73 Å². The van der Waals surface area contributed by atoms with E-state index in [0.29, 0.717) is 0 Å². The first-order valence-electron chi connectivity index (χ1n) is 12.4. The number of nitrogens with two attached hydrogens (primary N) is 1. The minimum absolute atomic E-state index is 0.204. The van der Waals surface area contributed by atoms with Crippen molar-refractivity contribution in [3.8, 4) is 0 Å². The molecule has 4 bridgehead atoms. The van der Waals surface area contributed by atoms with Crippen LogP contribution in [0.2, 0.25) is 0 Å². The van der Waals surface area contributed by atoms with Crippen molar-refractivity contribution >= 4 is 23.0 Å². The fraction of sp³-hybridized carbons (Fsp3) is 0.615. The Labute approximate surface area is 191 Å². The Bertz CT molecular complexity index is 974. The number of nitrogen functional groups attached to an aromatic ring is 1. The molecule has 7 rings (SSSR count). The summed E-state index contributed by atoms with van der Waals surface area (Å²) in [5, 5.41) is 3.87. The number of aryl methyl sites for hydroxylation is 1. The second-order valence-corrected chi connectivity index (χ2v) is 11.0. The van der Waals surface area contributed by atoms with Gasteiger partial charge in [0.1, 0.15) is 12.0 Å². The molecule has 170 valence electrons. The van der Waals surface area contributed by atoms with Crippen LogP contribution >= 0.6 is 0 Å². The second kappa shape index (κ2) is 7.53. The van der Waals surface area contributed by atoms with Crippen molar-refractivity contribution in [2.24, 2.45) is 17.8 Å². The number of piperazine rings is 1. The highest BCUT2D eigenvalue weighted by Gasteiger charge is 2.51. The Morgan fingerprint density at radius 2 is 1.53 bits per heavy atom. The highest BCUT2D eigenvalue weighted by molar-refractivity contribution is 5.76. The van der Waals surface area contributed by atoms with E-state index in [9.17, 15) is 0 Å². The minimum atomic E-state index is 0.204. The van der Waals surface area contributed by atoms with E-state index in [1.165, 1.54) is 55.3 Å². The van der Waals surface area contributed by atoms with E-state index < -0.39 is 0 Å². The first kappa shape index (κ1) is 20.1. The van der Waals surface area contributed by atoms with E-state index in [2.05, 4.69) is 57.1 Å². The standard InChI is InChI=1S/C26H36N6/c1-17-4-3-5-22(18(17)2)31-6-8-32(9-7-31)25-23(27)24(28-16-29-25)30-26-13-19-10-20(14-26)12-21(11-19)15-26/h3-5,16,19-21H,6-15,27H2,1-2H3,(H,28,29,30). The number of benzene rings is 1. The van der Waals surface area contributed by atoms with E-state index in [1.54, 1.807) is 6.33 Å². The number of hydrogen-bond acceptors (Lipinski definition) is 6. The van der Waals surface area contributed by atoms with Crippen LogP contribution in [0.1, 0.15) is 49.7 Å². The Kier molecular flexibility index (Phi) is 4.74. The number of nitrogens with one attached hydrogen (secondary N) is 1. The molecule has 32 heavy (non-hydrogen) atoms. The van der Waals surface area contributed by atoms with Gasteiger partial charge in [0.2, 0.25) is 0 Å². The van der Waals surface area contributed by atoms with Crippen LogP contribution in [-0.2, 0) is 0 Å². The lowest BCUT2D eigenvalue weighted by Gasteiger charge is -2.57. The minimum Gasteiger partial charge on any atom is -0.393 e. The van der Waals surface area contributed by atoms with Crippen molar-refractivity contribution in [1.29, 1.82) is 0 Å². The summed E-state index contributed by atoms with van der Waals surface area (Å²) < 4.78 is 0. The molecular weight excluding hydrogens is 396 g/mol. The van der Waals surface area contributed by atoms with Gasteiger partial charge in [0.25, 0.3) is 0 Å². The van der Waals surface area contributed by atoms with Crippen molar-refractivity contribution in [3.63, 3.8) is 0 Å². The van der Waals surface area contributed by atoms with E-state index in [1.807, 2.05) is 0 Å². The molecule has 4 aliphatic carbocycles. The predicted octanol–water partition coefficient (Wildman–Crippen LogP) is 4.38. The monoisotopic (exact) mass is 432 g/mol. The number of hydrogen-bond donors (Lipinski definition) is 2. The Hall–Kier alpha value is -2.50. The topological polar surface area (TPSA) is 70.3 Å². The smallest absolute Gasteiger partial charge is 0.157 e. The molecule has 0 radical (unpaired) electrons. The molecule has 6 heteroatoms.